The van der Waals surface area contributed by atoms with Crippen LogP contribution in [0, 0.1) is 55.4 Å². The average molecular weight is 837 g/mol. The number of para-hydroxylation sites is 3. The van der Waals surface area contributed by atoms with Crippen LogP contribution in [-0.2, 0) is 0 Å². The van der Waals surface area contributed by atoms with Crippen LogP contribution in [0.1, 0.15) is 44.5 Å². The fourth-order valence-corrected chi connectivity index (χ4v) is 11.7. The molecule has 2 heterocycles. The Kier molecular flexibility index (Phi) is 9.77. The summed E-state index contributed by atoms with van der Waals surface area (Å²) in [6, 6.07) is 65.6. The van der Waals surface area contributed by atoms with Gasteiger partial charge in [-0.25, -0.2) is 0 Å². The minimum absolute atomic E-state index is 0.0502. The van der Waals surface area contributed by atoms with E-state index in [0.29, 0.717) is 0 Å². The predicted molar refractivity (Wildman–Crippen MR) is 281 cm³/mol. The number of hydrogen-bond donors (Lipinski definition) is 0. The summed E-state index contributed by atoms with van der Waals surface area (Å²) in [6.45, 7) is 18.5. The largest absolute Gasteiger partial charge is 0.307 e. The summed E-state index contributed by atoms with van der Waals surface area (Å²) in [6.07, 6.45) is 0. The lowest BCUT2D eigenvalue weighted by Crippen LogP contribution is -2.57. The smallest absolute Gasteiger partial charge is 0.243 e. The van der Waals surface area contributed by atoms with Gasteiger partial charge in [0.25, 0.3) is 0 Å². The lowest BCUT2D eigenvalue weighted by atomic mass is 9.32. The van der Waals surface area contributed by atoms with E-state index in [2.05, 4.69) is 240 Å². The predicted octanol–water partition coefficient (Wildman–Crippen LogP) is 14.2. The van der Waals surface area contributed by atoms with Gasteiger partial charge in [-0.3, -0.25) is 0 Å². The van der Waals surface area contributed by atoms with Gasteiger partial charge in [-0.15, -0.1) is 0 Å². The second-order valence-corrected chi connectivity index (χ2v) is 18.5. The standard InChI is InChI=1S/C62H53BN2/c1-38-33-40(3)58(41(4)34-38)63(59-42(5)35-39(2)36-43(59)6)60-44(7)54(46-19-11-9-12-20-46)37-55(45(60)8)47-27-29-49(30-28-47)65-57-26-18-16-24-51(57)53-32-31-52-50-23-15-17-25-56(50)64(61(52)62(53)65)48-21-13-10-14-22-48/h9-37H,1-8H3. The van der Waals surface area contributed by atoms with Gasteiger partial charge in [0, 0.05) is 32.9 Å². The zero-order chi connectivity index (χ0) is 44.7. The van der Waals surface area contributed by atoms with Crippen molar-refractivity contribution < 1.29 is 0 Å². The number of fused-ring (bicyclic) bond motifs is 7. The molecule has 314 valence electrons. The Morgan fingerprint density at radius 2 is 0.708 bits per heavy atom. The Bertz CT molecular complexity index is 3560. The molecular formula is C62H53BN2. The molecule has 0 amide bonds. The van der Waals surface area contributed by atoms with Gasteiger partial charge in [-0.2, -0.15) is 0 Å². The van der Waals surface area contributed by atoms with E-state index in [-0.39, 0.29) is 6.71 Å². The maximum Gasteiger partial charge on any atom is 0.243 e. The number of aryl methyl sites for hydroxylation is 6. The highest BCUT2D eigenvalue weighted by atomic mass is 15.0. The van der Waals surface area contributed by atoms with Crippen molar-refractivity contribution in [3.63, 3.8) is 0 Å². The number of nitrogens with zero attached hydrogens (tertiary/aromatic N) is 2. The summed E-state index contributed by atoms with van der Waals surface area (Å²) >= 11 is 0. The quantitative estimate of drug-likeness (QED) is 0.142. The van der Waals surface area contributed by atoms with Crippen molar-refractivity contribution in [2.75, 3.05) is 0 Å². The Labute approximate surface area is 383 Å². The first kappa shape index (κ1) is 40.4. The molecule has 0 aliphatic heterocycles. The van der Waals surface area contributed by atoms with Crippen molar-refractivity contribution in [1.82, 2.24) is 9.13 Å². The highest BCUT2D eigenvalue weighted by Gasteiger charge is 2.33. The second kappa shape index (κ2) is 15.7. The molecule has 0 radical (unpaired) electrons. The van der Waals surface area contributed by atoms with Crippen LogP contribution in [0.3, 0.4) is 0 Å². The molecule has 0 aliphatic rings. The average Bonchev–Trinajstić information content (AvgIpc) is 3.82. The van der Waals surface area contributed by atoms with E-state index in [0.717, 1.165) is 11.4 Å². The summed E-state index contributed by atoms with van der Waals surface area (Å²) in [7, 11) is 0. The topological polar surface area (TPSA) is 9.86 Å². The van der Waals surface area contributed by atoms with Gasteiger partial charge in [0.15, 0.2) is 0 Å². The zero-order valence-corrected chi connectivity index (χ0v) is 38.7. The Morgan fingerprint density at radius 3 is 1.17 bits per heavy atom. The van der Waals surface area contributed by atoms with Crippen molar-refractivity contribution in [3.8, 4) is 33.6 Å². The number of benzene rings is 9. The summed E-state index contributed by atoms with van der Waals surface area (Å²) in [5.74, 6) is 0. The highest BCUT2D eigenvalue weighted by Crippen LogP contribution is 2.42. The van der Waals surface area contributed by atoms with Crippen LogP contribution in [0.4, 0.5) is 0 Å². The van der Waals surface area contributed by atoms with E-state index in [9.17, 15) is 0 Å². The third kappa shape index (κ3) is 6.47. The van der Waals surface area contributed by atoms with Gasteiger partial charge in [-0.1, -0.05) is 183 Å². The molecule has 0 saturated carbocycles. The van der Waals surface area contributed by atoms with Gasteiger partial charge in [0.1, 0.15) is 0 Å². The lowest BCUT2D eigenvalue weighted by molar-refractivity contribution is 1.15. The normalized spacial score (nSPS) is 11.7. The van der Waals surface area contributed by atoms with Crippen molar-refractivity contribution in [1.29, 1.82) is 0 Å². The van der Waals surface area contributed by atoms with Crippen LogP contribution >= 0.6 is 0 Å². The van der Waals surface area contributed by atoms with Gasteiger partial charge in [0.2, 0.25) is 6.71 Å². The number of hydrogen-bond acceptors (Lipinski definition) is 0. The van der Waals surface area contributed by atoms with Gasteiger partial charge in [-0.05, 0) is 131 Å². The lowest BCUT2D eigenvalue weighted by Gasteiger charge is -2.29. The highest BCUT2D eigenvalue weighted by molar-refractivity contribution is 6.97. The number of aromatic nitrogens is 2. The molecule has 0 bridgehead atoms. The molecule has 0 N–H and O–H groups in total. The van der Waals surface area contributed by atoms with Crippen LogP contribution in [0.15, 0.2) is 176 Å². The molecule has 0 atom stereocenters. The minimum Gasteiger partial charge on any atom is -0.307 e. The monoisotopic (exact) mass is 836 g/mol. The molecule has 11 aromatic rings. The fourth-order valence-electron chi connectivity index (χ4n) is 11.7. The summed E-state index contributed by atoms with van der Waals surface area (Å²) in [5, 5.41) is 5.00. The summed E-state index contributed by atoms with van der Waals surface area (Å²) in [5.41, 5.74) is 27.0. The van der Waals surface area contributed by atoms with Gasteiger partial charge >= 0.3 is 0 Å². The second-order valence-electron chi connectivity index (χ2n) is 18.5. The molecule has 0 fully saturated rings. The van der Waals surface area contributed by atoms with E-state index < -0.39 is 0 Å². The van der Waals surface area contributed by atoms with E-state index in [1.807, 2.05) is 0 Å². The first-order valence-corrected chi connectivity index (χ1v) is 23.1. The summed E-state index contributed by atoms with van der Waals surface area (Å²) in [4.78, 5) is 0. The molecule has 0 spiro atoms. The molecule has 11 rings (SSSR count). The van der Waals surface area contributed by atoms with E-state index >= 15 is 0 Å². The van der Waals surface area contributed by atoms with Gasteiger partial charge < -0.3 is 9.13 Å². The number of rotatable bonds is 7. The van der Waals surface area contributed by atoms with E-state index in [1.54, 1.807) is 0 Å². The van der Waals surface area contributed by atoms with E-state index in [4.69, 9.17) is 0 Å². The molecule has 65 heavy (non-hydrogen) atoms. The SMILES string of the molecule is Cc1cc(C)c(B(c2c(C)cc(C)cc2C)c2c(C)c(-c3ccccc3)cc(-c3ccc(-n4c5ccccc5c5ccc6c7ccccc7n(-c7ccccc7)c6c54)cc3)c2C)c(C)c1. The van der Waals surface area contributed by atoms with Crippen molar-refractivity contribution >= 4 is 66.7 Å². The van der Waals surface area contributed by atoms with Crippen molar-refractivity contribution in [3.05, 3.63) is 220 Å². The van der Waals surface area contributed by atoms with Crippen molar-refractivity contribution in [2.24, 2.45) is 0 Å². The third-order valence-electron chi connectivity index (χ3n) is 14.3. The van der Waals surface area contributed by atoms with E-state index in [1.165, 1.54) is 127 Å². The zero-order valence-electron chi connectivity index (χ0n) is 38.7. The minimum atomic E-state index is 0.0502. The van der Waals surface area contributed by atoms with Crippen LogP contribution in [-0.4, -0.2) is 15.8 Å². The fraction of sp³-hybridized carbons (Fsp3) is 0.129. The van der Waals surface area contributed by atoms with Crippen LogP contribution < -0.4 is 16.4 Å². The Morgan fingerprint density at radius 1 is 0.323 bits per heavy atom. The maximum absolute atomic E-state index is 2.50. The molecule has 9 aromatic carbocycles. The maximum atomic E-state index is 2.50. The van der Waals surface area contributed by atoms with Crippen molar-refractivity contribution in [2.45, 2.75) is 55.4 Å². The van der Waals surface area contributed by atoms with Gasteiger partial charge in [0.05, 0.1) is 22.1 Å². The molecule has 2 nitrogen and oxygen atoms in total. The Balaban J connectivity index is 1.17. The molecule has 0 saturated heterocycles. The summed E-state index contributed by atoms with van der Waals surface area (Å²) < 4.78 is 4.96. The van der Waals surface area contributed by atoms with Crippen LogP contribution in [0.5, 0.6) is 0 Å². The Hall–Kier alpha value is -7.36. The third-order valence-corrected chi connectivity index (χ3v) is 14.3. The van der Waals surface area contributed by atoms with Crippen LogP contribution in [0.25, 0.3) is 77.2 Å². The first-order chi connectivity index (χ1) is 31.6. The molecular weight excluding hydrogens is 784 g/mol. The molecule has 2 aromatic heterocycles. The molecule has 3 heteroatoms. The van der Waals surface area contributed by atoms with Crippen LogP contribution in [0.2, 0.25) is 0 Å². The first-order valence-electron chi connectivity index (χ1n) is 23.1. The molecule has 0 aliphatic carbocycles. The molecule has 0 unspecified atom stereocenters.